The Bertz CT molecular complexity index is 176. The molecule has 6 heteroatoms. The van der Waals surface area contributed by atoms with Crippen LogP contribution in [0.2, 0.25) is 0 Å². The number of carbonyl (C=O) groups excluding carboxylic acids is 1. The molecule has 0 aromatic heterocycles. The van der Waals surface area contributed by atoms with Crippen molar-refractivity contribution in [2.45, 2.75) is 0 Å². The molecule has 0 aromatic carbocycles. The van der Waals surface area contributed by atoms with Gasteiger partial charge in [-0.3, -0.25) is 4.57 Å². The van der Waals surface area contributed by atoms with Crippen molar-refractivity contribution in [2.24, 2.45) is 0 Å². The minimum atomic E-state index is -4.08. The molecule has 0 saturated heterocycles. The first-order valence-electron chi connectivity index (χ1n) is 2.38. The topological polar surface area (TPSA) is 83.8 Å². The highest BCUT2D eigenvalue weighted by molar-refractivity contribution is 7.51. The molecule has 58 valence electrons. The van der Waals surface area contributed by atoms with Crippen molar-refractivity contribution < 1.29 is 23.9 Å². The third-order valence-corrected chi connectivity index (χ3v) is 1.06. The van der Waals surface area contributed by atoms with Gasteiger partial charge in [-0.15, -0.1) is 0 Å². The van der Waals surface area contributed by atoms with Crippen molar-refractivity contribution in [3.8, 4) is 0 Å². The second-order valence-corrected chi connectivity index (χ2v) is 3.07. The van der Waals surface area contributed by atoms with Gasteiger partial charge in [-0.05, 0) is 0 Å². The second kappa shape index (κ2) is 4.39. The van der Waals surface area contributed by atoms with Crippen LogP contribution in [-0.2, 0) is 14.1 Å². The molecule has 0 aliphatic carbocycles. The Hall–Kier alpha value is -0.440. The quantitative estimate of drug-likeness (QED) is 0.335. The van der Waals surface area contributed by atoms with Crippen molar-refractivity contribution in [3.63, 3.8) is 0 Å². The summed E-state index contributed by atoms with van der Waals surface area (Å²) in [5.41, 5.74) is 0. The monoisotopic (exact) mass is 166 g/mol. The van der Waals surface area contributed by atoms with Crippen LogP contribution >= 0.6 is 7.60 Å². The van der Waals surface area contributed by atoms with Crippen molar-refractivity contribution >= 4 is 13.5 Å². The average molecular weight is 166 g/mol. The molecule has 2 N–H and O–H groups in total. The van der Waals surface area contributed by atoms with E-state index in [0.29, 0.717) is 0 Å². The van der Waals surface area contributed by atoms with Gasteiger partial charge in [0.1, 0.15) is 12.3 Å². The van der Waals surface area contributed by atoms with Crippen LogP contribution in [-0.4, -0.2) is 28.7 Å². The van der Waals surface area contributed by atoms with Gasteiger partial charge < -0.3 is 14.5 Å². The van der Waals surface area contributed by atoms with Gasteiger partial charge in [-0.25, -0.2) is 4.79 Å². The molecule has 10 heavy (non-hydrogen) atoms. The summed E-state index contributed by atoms with van der Waals surface area (Å²) in [5, 5.41) is 0. The minimum Gasteiger partial charge on any atom is -0.364 e. The zero-order valence-electron chi connectivity index (χ0n) is 5.06. The average Bonchev–Trinajstić information content (AvgIpc) is 1.78. The van der Waals surface area contributed by atoms with Crippen LogP contribution in [0.4, 0.5) is 0 Å². The van der Waals surface area contributed by atoms with E-state index in [1.807, 2.05) is 0 Å². The molecule has 0 saturated carbocycles. The molecule has 0 fully saturated rings. The minimum absolute atomic E-state index is 0.116. The molecule has 5 nitrogen and oxygen atoms in total. The van der Waals surface area contributed by atoms with E-state index < -0.39 is 13.9 Å². The van der Waals surface area contributed by atoms with E-state index in [0.717, 1.165) is 6.08 Å². The standard InChI is InChI=1S/C4H7O5P/c5-2-1-3-9-4-10(6,7)8/h1H,3-4H2,(H2,6,7,8). The number of hydrogen-bond acceptors (Lipinski definition) is 3. The smallest absolute Gasteiger partial charge is 0.350 e. The lowest BCUT2D eigenvalue weighted by Crippen LogP contribution is -1.94. The van der Waals surface area contributed by atoms with Gasteiger partial charge in [0, 0.05) is 6.08 Å². The van der Waals surface area contributed by atoms with Crippen LogP contribution in [0.3, 0.4) is 0 Å². The van der Waals surface area contributed by atoms with Crippen molar-refractivity contribution in [1.82, 2.24) is 0 Å². The third kappa shape index (κ3) is 7.56. The second-order valence-electron chi connectivity index (χ2n) is 1.49. The van der Waals surface area contributed by atoms with Crippen LogP contribution in [0, 0.1) is 0 Å². The van der Waals surface area contributed by atoms with Crippen LogP contribution in [0.1, 0.15) is 0 Å². The van der Waals surface area contributed by atoms with E-state index in [4.69, 9.17) is 9.79 Å². The van der Waals surface area contributed by atoms with E-state index >= 15 is 0 Å². The molecule has 0 bridgehead atoms. The van der Waals surface area contributed by atoms with Gasteiger partial charge in [0.2, 0.25) is 0 Å². The number of hydrogen-bond donors (Lipinski definition) is 2. The van der Waals surface area contributed by atoms with E-state index in [9.17, 15) is 9.36 Å². The molecule has 0 atom stereocenters. The summed E-state index contributed by atoms with van der Waals surface area (Å²) in [5.74, 6) is 1.40. The van der Waals surface area contributed by atoms with Crippen molar-refractivity contribution in [2.75, 3.05) is 13.0 Å². The Kier molecular flexibility index (Phi) is 4.19. The zero-order valence-corrected chi connectivity index (χ0v) is 5.95. The molecule has 0 radical (unpaired) electrons. The van der Waals surface area contributed by atoms with E-state index in [1.165, 1.54) is 5.94 Å². The summed E-state index contributed by atoms with van der Waals surface area (Å²) in [6, 6.07) is 0. The summed E-state index contributed by atoms with van der Waals surface area (Å²) in [6.07, 6.45) is 0.334. The van der Waals surface area contributed by atoms with Gasteiger partial charge in [-0.1, -0.05) is 0 Å². The van der Waals surface area contributed by atoms with Crippen molar-refractivity contribution in [3.05, 3.63) is 6.08 Å². The Balaban J connectivity index is 3.38. The van der Waals surface area contributed by atoms with Gasteiger partial charge in [0.25, 0.3) is 0 Å². The third-order valence-electron chi connectivity index (χ3n) is 0.544. The summed E-state index contributed by atoms with van der Waals surface area (Å²) in [7, 11) is -4.08. The highest BCUT2D eigenvalue weighted by atomic mass is 31.2. The lowest BCUT2D eigenvalue weighted by Gasteiger charge is -2.00. The van der Waals surface area contributed by atoms with Crippen LogP contribution < -0.4 is 0 Å². The van der Waals surface area contributed by atoms with Crippen molar-refractivity contribution in [1.29, 1.82) is 0 Å². The zero-order chi connectivity index (χ0) is 8.04. The van der Waals surface area contributed by atoms with E-state index in [1.54, 1.807) is 0 Å². The predicted octanol–water partition coefficient (Wildman–Crippen LogP) is -0.474. The molecule has 0 aromatic rings. The fraction of sp³-hybridized carbons (Fsp3) is 0.500. The van der Waals surface area contributed by atoms with Crippen LogP contribution in [0.25, 0.3) is 0 Å². The predicted molar refractivity (Wildman–Crippen MR) is 33.1 cm³/mol. The van der Waals surface area contributed by atoms with Gasteiger partial charge in [0.05, 0.1) is 6.61 Å². The summed E-state index contributed by atoms with van der Waals surface area (Å²) < 4.78 is 14.4. The molecular formula is C4H7O5P. The highest BCUT2D eigenvalue weighted by Crippen LogP contribution is 2.33. The maximum absolute atomic E-state index is 10.1. The Morgan fingerprint density at radius 3 is 2.60 bits per heavy atom. The van der Waals surface area contributed by atoms with Crippen LogP contribution in [0.15, 0.2) is 6.08 Å². The molecule has 0 aliphatic rings. The molecule has 0 heterocycles. The first kappa shape index (κ1) is 9.56. The Morgan fingerprint density at radius 1 is 1.60 bits per heavy atom. The molecule has 0 aliphatic heterocycles. The summed E-state index contributed by atoms with van der Waals surface area (Å²) in [4.78, 5) is 25.9. The summed E-state index contributed by atoms with van der Waals surface area (Å²) >= 11 is 0. The fourth-order valence-electron chi connectivity index (χ4n) is 0.265. The van der Waals surface area contributed by atoms with E-state index in [2.05, 4.69) is 4.74 Å². The highest BCUT2D eigenvalue weighted by Gasteiger charge is 2.11. The summed E-state index contributed by atoms with van der Waals surface area (Å²) in [6.45, 7) is -0.116. The van der Waals surface area contributed by atoms with Gasteiger partial charge in [0.15, 0.2) is 0 Å². The first-order valence-corrected chi connectivity index (χ1v) is 4.17. The largest absolute Gasteiger partial charge is 0.364 e. The SMILES string of the molecule is O=C=CCOCP(=O)(O)O. The van der Waals surface area contributed by atoms with E-state index in [-0.39, 0.29) is 6.61 Å². The first-order chi connectivity index (χ1) is 4.56. The fourth-order valence-corrected chi connectivity index (χ4v) is 0.608. The maximum Gasteiger partial charge on any atom is 0.350 e. The lowest BCUT2D eigenvalue weighted by atomic mass is 10.7. The Morgan fingerprint density at radius 2 is 2.20 bits per heavy atom. The van der Waals surface area contributed by atoms with Gasteiger partial charge in [-0.2, -0.15) is 0 Å². The molecule has 0 rings (SSSR count). The number of ether oxygens (including phenoxy) is 1. The normalized spacial score (nSPS) is 10.6. The van der Waals surface area contributed by atoms with Crippen LogP contribution in [0.5, 0.6) is 0 Å². The number of rotatable bonds is 4. The molecule has 0 amide bonds. The lowest BCUT2D eigenvalue weighted by molar-refractivity contribution is 0.185. The molecular weight excluding hydrogens is 159 g/mol. The molecule has 0 spiro atoms. The Labute approximate surface area is 57.5 Å². The molecule has 0 unspecified atom stereocenters. The maximum atomic E-state index is 10.1. The van der Waals surface area contributed by atoms with Gasteiger partial charge >= 0.3 is 7.60 Å².